The van der Waals surface area contributed by atoms with Crippen molar-refractivity contribution in [2.24, 2.45) is 0 Å². The Morgan fingerprint density at radius 1 is 1.21 bits per heavy atom. The van der Waals surface area contributed by atoms with Crippen molar-refractivity contribution < 1.29 is 17.7 Å². The Balaban J connectivity index is 2.12. The van der Waals surface area contributed by atoms with E-state index in [0.29, 0.717) is 10.9 Å². The minimum absolute atomic E-state index is 0.0850. The predicted molar refractivity (Wildman–Crippen MR) is 86.9 cm³/mol. The lowest BCUT2D eigenvalue weighted by Gasteiger charge is -2.19. The van der Waals surface area contributed by atoms with Crippen LogP contribution in [0.1, 0.15) is 0 Å². The van der Waals surface area contributed by atoms with E-state index in [4.69, 9.17) is 0 Å². The molecule has 7 nitrogen and oxygen atoms in total. The van der Waals surface area contributed by atoms with Crippen LogP contribution in [0.15, 0.2) is 53.6 Å². The van der Waals surface area contributed by atoms with E-state index in [1.807, 2.05) is 0 Å². The van der Waals surface area contributed by atoms with Gasteiger partial charge in [0.05, 0.1) is 16.1 Å². The van der Waals surface area contributed by atoms with Crippen LogP contribution in [-0.2, 0) is 10.0 Å². The number of nitro groups is 1. The fourth-order valence-electron chi connectivity index (χ4n) is 2.40. The second-order valence-electron chi connectivity index (χ2n) is 5.06. The van der Waals surface area contributed by atoms with Crippen molar-refractivity contribution in [2.45, 2.75) is 4.90 Å². The van der Waals surface area contributed by atoms with E-state index >= 15 is 0 Å². The third-order valence-corrected chi connectivity index (χ3v) is 5.48. The molecular weight excluding hydrogens is 337 g/mol. The SMILES string of the molecule is CN(c1ccccc1F)S(=O)(=O)c1c[nH]c2cc([N+](=O)[O-])ccc12. The van der Waals surface area contributed by atoms with Crippen LogP contribution in [0.25, 0.3) is 10.9 Å². The number of benzene rings is 2. The highest BCUT2D eigenvalue weighted by molar-refractivity contribution is 7.93. The summed E-state index contributed by atoms with van der Waals surface area (Å²) in [6.45, 7) is 0. The number of anilines is 1. The fraction of sp³-hybridized carbons (Fsp3) is 0.0667. The maximum Gasteiger partial charge on any atom is 0.271 e. The summed E-state index contributed by atoms with van der Waals surface area (Å²) in [4.78, 5) is 12.9. The highest BCUT2D eigenvalue weighted by Crippen LogP contribution is 2.30. The number of halogens is 1. The van der Waals surface area contributed by atoms with E-state index < -0.39 is 20.8 Å². The Morgan fingerprint density at radius 2 is 1.92 bits per heavy atom. The highest BCUT2D eigenvalue weighted by atomic mass is 32.2. The molecule has 0 spiro atoms. The Morgan fingerprint density at radius 3 is 2.58 bits per heavy atom. The Hall–Kier alpha value is -2.94. The van der Waals surface area contributed by atoms with Crippen LogP contribution in [0.5, 0.6) is 0 Å². The van der Waals surface area contributed by atoms with E-state index in [1.165, 1.54) is 55.7 Å². The summed E-state index contributed by atoms with van der Waals surface area (Å²) in [6.07, 6.45) is 1.24. The topological polar surface area (TPSA) is 96.3 Å². The fourth-order valence-corrected chi connectivity index (χ4v) is 3.76. The van der Waals surface area contributed by atoms with E-state index in [0.717, 1.165) is 4.31 Å². The van der Waals surface area contributed by atoms with Crippen molar-refractivity contribution in [3.8, 4) is 0 Å². The molecule has 2 aromatic carbocycles. The lowest BCUT2D eigenvalue weighted by Crippen LogP contribution is -2.27. The number of aromatic nitrogens is 1. The molecule has 0 atom stereocenters. The van der Waals surface area contributed by atoms with Crippen LogP contribution in [0.2, 0.25) is 0 Å². The summed E-state index contributed by atoms with van der Waals surface area (Å²) >= 11 is 0. The van der Waals surface area contributed by atoms with Gasteiger partial charge in [0.1, 0.15) is 10.7 Å². The van der Waals surface area contributed by atoms with Gasteiger partial charge < -0.3 is 4.98 Å². The lowest BCUT2D eigenvalue weighted by molar-refractivity contribution is -0.384. The largest absolute Gasteiger partial charge is 0.360 e. The van der Waals surface area contributed by atoms with Crippen molar-refractivity contribution in [1.29, 1.82) is 0 Å². The maximum atomic E-state index is 13.9. The Kier molecular flexibility index (Phi) is 3.72. The lowest BCUT2D eigenvalue weighted by atomic mass is 10.2. The van der Waals surface area contributed by atoms with E-state index in [-0.39, 0.29) is 16.3 Å². The summed E-state index contributed by atoms with van der Waals surface area (Å²) in [5.74, 6) is -0.668. The van der Waals surface area contributed by atoms with Gasteiger partial charge in [0, 0.05) is 30.8 Å². The molecule has 9 heteroatoms. The van der Waals surface area contributed by atoms with Gasteiger partial charge in [-0.3, -0.25) is 14.4 Å². The average Bonchev–Trinajstić information content (AvgIpc) is 2.98. The van der Waals surface area contributed by atoms with Gasteiger partial charge in [-0.15, -0.1) is 0 Å². The third-order valence-electron chi connectivity index (χ3n) is 3.67. The highest BCUT2D eigenvalue weighted by Gasteiger charge is 2.26. The van der Waals surface area contributed by atoms with Gasteiger partial charge in [-0.1, -0.05) is 12.1 Å². The zero-order valence-electron chi connectivity index (χ0n) is 12.4. The number of hydrogen-bond acceptors (Lipinski definition) is 4. The van der Waals surface area contributed by atoms with Crippen molar-refractivity contribution in [2.75, 3.05) is 11.4 Å². The maximum absolute atomic E-state index is 13.9. The van der Waals surface area contributed by atoms with Crippen LogP contribution < -0.4 is 4.31 Å². The first-order valence-electron chi connectivity index (χ1n) is 6.81. The molecule has 1 aromatic heterocycles. The minimum atomic E-state index is -4.04. The van der Waals surface area contributed by atoms with Crippen LogP contribution in [-0.4, -0.2) is 25.4 Å². The van der Waals surface area contributed by atoms with Crippen LogP contribution in [0.3, 0.4) is 0 Å². The normalized spacial score (nSPS) is 11.6. The van der Waals surface area contributed by atoms with E-state index in [9.17, 15) is 22.9 Å². The van der Waals surface area contributed by atoms with Gasteiger partial charge in [-0.25, -0.2) is 12.8 Å². The molecule has 0 amide bonds. The molecule has 124 valence electrons. The first kappa shape index (κ1) is 15.9. The number of H-pyrrole nitrogens is 1. The van der Waals surface area contributed by atoms with E-state index in [2.05, 4.69) is 4.98 Å². The predicted octanol–water partition coefficient (Wildman–Crippen LogP) is 3.04. The molecule has 0 bridgehead atoms. The summed E-state index contributed by atoms with van der Waals surface area (Å²) in [5, 5.41) is 11.1. The monoisotopic (exact) mass is 349 g/mol. The van der Waals surface area contributed by atoms with Gasteiger partial charge in [-0.2, -0.15) is 0 Å². The minimum Gasteiger partial charge on any atom is -0.360 e. The number of rotatable bonds is 4. The quantitative estimate of drug-likeness (QED) is 0.578. The third kappa shape index (κ3) is 2.48. The van der Waals surface area contributed by atoms with Gasteiger partial charge in [-0.05, 0) is 18.2 Å². The van der Waals surface area contributed by atoms with Gasteiger partial charge in [0.2, 0.25) is 0 Å². The van der Waals surface area contributed by atoms with Gasteiger partial charge >= 0.3 is 0 Å². The molecule has 0 saturated heterocycles. The molecule has 0 radical (unpaired) electrons. The number of hydrogen-bond donors (Lipinski definition) is 1. The number of aromatic amines is 1. The van der Waals surface area contributed by atoms with Crippen LogP contribution in [0, 0.1) is 15.9 Å². The molecule has 0 saturated carbocycles. The Bertz CT molecular complexity index is 1050. The molecule has 3 rings (SSSR count). The van der Waals surface area contributed by atoms with Crippen molar-refractivity contribution in [3.63, 3.8) is 0 Å². The molecule has 24 heavy (non-hydrogen) atoms. The average molecular weight is 349 g/mol. The summed E-state index contributed by atoms with van der Waals surface area (Å²) in [5.41, 5.74) is 0.0641. The summed E-state index contributed by atoms with van der Waals surface area (Å²) in [6, 6.07) is 9.33. The van der Waals surface area contributed by atoms with Crippen LogP contribution >= 0.6 is 0 Å². The molecule has 1 heterocycles. The van der Waals surface area contributed by atoms with Crippen LogP contribution in [0.4, 0.5) is 15.8 Å². The molecule has 1 N–H and O–H groups in total. The molecule has 0 fully saturated rings. The summed E-state index contributed by atoms with van der Waals surface area (Å²) < 4.78 is 40.3. The molecule has 3 aromatic rings. The summed E-state index contributed by atoms with van der Waals surface area (Å²) in [7, 11) is -2.79. The van der Waals surface area contributed by atoms with Crippen molar-refractivity contribution in [1.82, 2.24) is 4.98 Å². The zero-order chi connectivity index (χ0) is 17.5. The van der Waals surface area contributed by atoms with Crippen molar-refractivity contribution >= 4 is 32.3 Å². The number of fused-ring (bicyclic) bond motifs is 1. The number of nitrogens with one attached hydrogen (secondary N) is 1. The molecule has 0 aliphatic rings. The number of nitro benzene ring substituents is 1. The van der Waals surface area contributed by atoms with Gasteiger partial charge in [0.15, 0.2) is 0 Å². The second-order valence-corrected chi connectivity index (χ2v) is 7.00. The molecule has 0 unspecified atom stereocenters. The number of non-ortho nitro benzene ring substituents is 1. The molecule has 0 aliphatic heterocycles. The Labute approximate surface area is 136 Å². The number of para-hydroxylation sites is 1. The second kappa shape index (κ2) is 5.60. The van der Waals surface area contributed by atoms with E-state index in [1.54, 1.807) is 0 Å². The smallest absolute Gasteiger partial charge is 0.271 e. The zero-order valence-corrected chi connectivity index (χ0v) is 13.2. The molecule has 0 aliphatic carbocycles. The first-order chi connectivity index (χ1) is 11.3. The first-order valence-corrected chi connectivity index (χ1v) is 8.25. The molecular formula is C15H12FN3O4S. The standard InChI is InChI=1S/C15H12FN3O4S/c1-18(14-5-3-2-4-12(14)16)24(22,23)15-9-17-13-8-10(19(20)21)6-7-11(13)15/h2-9,17H,1H3. The van der Waals surface area contributed by atoms with Crippen molar-refractivity contribution in [3.05, 3.63) is 64.6 Å². The number of sulfonamides is 1. The van der Waals surface area contributed by atoms with Gasteiger partial charge in [0.25, 0.3) is 15.7 Å². The number of nitrogens with zero attached hydrogens (tertiary/aromatic N) is 2.